The minimum Gasteiger partial charge on any atom is -1.00 e. The first-order valence-electron chi connectivity index (χ1n) is 23.3. The van der Waals surface area contributed by atoms with Crippen LogP contribution in [-0.2, 0) is 60.9 Å². The van der Waals surface area contributed by atoms with Gasteiger partial charge in [0.25, 0.3) is 0 Å². The van der Waals surface area contributed by atoms with Crippen molar-refractivity contribution in [2.24, 2.45) is 22.7 Å². The zero-order chi connectivity index (χ0) is 49.0. The van der Waals surface area contributed by atoms with E-state index in [-0.39, 0.29) is 53.5 Å². The maximum Gasteiger partial charge on any atom is 0.416 e. The van der Waals surface area contributed by atoms with Gasteiger partial charge in [0, 0.05) is 0 Å². The molecule has 0 spiro atoms. The molecular weight excluding hydrogens is 1070 g/mol. The van der Waals surface area contributed by atoms with Gasteiger partial charge in [-0.15, -0.1) is 69.1 Å². The van der Waals surface area contributed by atoms with E-state index in [1.165, 1.54) is 76.7 Å². The Morgan fingerprint density at radius 2 is 0.857 bits per heavy atom. The smallest absolute Gasteiger partial charge is 0.416 e. The Hall–Kier alpha value is -3.06. The van der Waals surface area contributed by atoms with Crippen molar-refractivity contribution in [2.75, 3.05) is 0 Å². The third-order valence-electron chi connectivity index (χ3n) is 15.0. The van der Waals surface area contributed by atoms with E-state index in [4.69, 9.17) is 0 Å². The molecule has 376 valence electrons. The number of halogens is 14. The molecule has 6 aromatic carbocycles. The van der Waals surface area contributed by atoms with Crippen molar-refractivity contribution >= 4 is 27.0 Å². The second-order valence-electron chi connectivity index (χ2n) is 20.1. The van der Waals surface area contributed by atoms with Gasteiger partial charge in [-0.3, -0.25) is 0 Å². The fourth-order valence-corrected chi connectivity index (χ4v) is 14.5. The predicted octanol–water partition coefficient (Wildman–Crippen LogP) is 12.3. The summed E-state index contributed by atoms with van der Waals surface area (Å²) < 4.78 is 160. The molecular formula is C54H52Cl2F12SiZr-2. The average molecular weight is 1120 g/mol. The SMILES string of the molecule is CCC[Si](C)=[Zr+2].FC(F)(F)c1cc(-c2cccc3[cH-]c(CC45CCC(CC4)C5)cc23)cc(C(F)(F)F)c1.FC(F)(F)c1cc(-c2cccc3[cH-]c(CC45CCC(CC4)C5)cc23)cc(C(F)(F)F)c1.[Cl-].[Cl-]. The third kappa shape index (κ3) is 12.8. The number of hydrogen-bond donors (Lipinski definition) is 0. The van der Waals surface area contributed by atoms with Crippen molar-refractivity contribution in [3.05, 3.63) is 130 Å². The van der Waals surface area contributed by atoms with Crippen LogP contribution in [0.3, 0.4) is 0 Å². The van der Waals surface area contributed by atoms with Crippen LogP contribution in [0, 0.1) is 22.7 Å². The van der Waals surface area contributed by atoms with Crippen LogP contribution in [0.4, 0.5) is 52.7 Å². The van der Waals surface area contributed by atoms with Crippen molar-refractivity contribution in [1.29, 1.82) is 0 Å². The molecule has 4 saturated carbocycles. The molecule has 4 aliphatic rings. The summed E-state index contributed by atoms with van der Waals surface area (Å²) in [5.41, 5.74) is -1.42. The first kappa shape index (κ1) is 56.2. The second kappa shape index (κ2) is 21.4. The van der Waals surface area contributed by atoms with E-state index in [2.05, 4.69) is 13.5 Å². The number of alkyl halides is 12. The zero-order valence-corrected chi connectivity index (χ0v) is 43.6. The monoisotopic (exact) mass is 1120 g/mol. The molecule has 0 heterocycles. The van der Waals surface area contributed by atoms with E-state index in [1.54, 1.807) is 47.6 Å². The Morgan fingerprint density at radius 1 is 0.529 bits per heavy atom. The van der Waals surface area contributed by atoms with Crippen LogP contribution >= 0.6 is 0 Å². The van der Waals surface area contributed by atoms with Crippen LogP contribution in [0.2, 0.25) is 12.6 Å². The minimum atomic E-state index is -4.86. The number of fused-ring (bicyclic) bond motifs is 6. The predicted molar refractivity (Wildman–Crippen MR) is 242 cm³/mol. The Labute approximate surface area is 428 Å². The van der Waals surface area contributed by atoms with Gasteiger partial charge in [-0.2, -0.15) is 64.8 Å². The molecule has 4 fully saturated rings. The minimum absolute atomic E-state index is 0. The molecule has 0 atom stereocenters. The van der Waals surface area contributed by atoms with Crippen LogP contribution < -0.4 is 24.8 Å². The van der Waals surface area contributed by atoms with E-state index in [1.807, 2.05) is 36.4 Å². The van der Waals surface area contributed by atoms with Gasteiger partial charge in [-0.25, -0.2) is 0 Å². The number of benzene rings is 4. The summed E-state index contributed by atoms with van der Waals surface area (Å²) in [6.45, 7) is 4.66. The first-order valence-corrected chi connectivity index (χ1v) is 29.2. The quantitative estimate of drug-likeness (QED) is 0.0809. The average Bonchev–Trinajstić information content (AvgIpc) is 4.13. The van der Waals surface area contributed by atoms with E-state index < -0.39 is 47.0 Å². The second-order valence-corrected chi connectivity index (χ2v) is 28.5. The van der Waals surface area contributed by atoms with Crippen molar-refractivity contribution in [1.82, 2.24) is 0 Å². The first-order chi connectivity index (χ1) is 31.8. The van der Waals surface area contributed by atoms with Crippen molar-refractivity contribution in [3.63, 3.8) is 0 Å². The standard InChI is InChI=1S/2C25H21F6.C4H10Si.2ClH.Zr/c2*26-24(27,28)19-10-18(11-20(12-19)25(29,30)31)21-3-1-2-17-8-16(9-22(17)21)14-23-6-4-15(13-23)5-7-23;1-3-4-5-2;;;/h2*1-3,8-12,15H,4-7,13-14H2;3-4H2,1-2H3;2*1H;/q2*-1;;;;+2/p-2. The van der Waals surface area contributed by atoms with Gasteiger partial charge in [-0.05, 0) is 147 Å². The molecule has 0 radical (unpaired) electrons. The molecule has 70 heavy (non-hydrogen) atoms. The summed E-state index contributed by atoms with van der Waals surface area (Å²) in [5.74, 6) is 1.62. The Morgan fingerprint density at radius 3 is 1.10 bits per heavy atom. The molecule has 0 aromatic heterocycles. The maximum absolute atomic E-state index is 13.3. The summed E-state index contributed by atoms with van der Waals surface area (Å²) in [6, 6.07) is 23.4. The fourth-order valence-electron chi connectivity index (χ4n) is 11.9. The number of hydrogen-bond acceptors (Lipinski definition) is 0. The fraction of sp³-hybridized carbons (Fsp3) is 0.444. The van der Waals surface area contributed by atoms with E-state index in [0.29, 0.717) is 32.7 Å². The molecule has 0 amide bonds. The Balaban J connectivity index is 0.000000201. The zero-order valence-electron chi connectivity index (χ0n) is 38.6. The molecule has 0 aliphatic heterocycles. The van der Waals surface area contributed by atoms with Crippen molar-refractivity contribution in [2.45, 2.75) is 128 Å². The molecule has 0 unspecified atom stereocenters. The number of rotatable bonds is 8. The summed E-state index contributed by atoms with van der Waals surface area (Å²) >= 11 is 1.79. The van der Waals surface area contributed by atoms with Gasteiger partial charge < -0.3 is 24.8 Å². The van der Waals surface area contributed by atoms with Crippen LogP contribution in [0.5, 0.6) is 0 Å². The molecule has 0 N–H and O–H groups in total. The van der Waals surface area contributed by atoms with Gasteiger partial charge in [0.05, 0.1) is 22.3 Å². The molecule has 16 heteroatoms. The largest absolute Gasteiger partial charge is 1.00 e. The normalized spacial score (nSPS) is 21.8. The Kier molecular flexibility index (Phi) is 17.2. The van der Waals surface area contributed by atoms with Gasteiger partial charge in [0.1, 0.15) is 0 Å². The van der Waals surface area contributed by atoms with Crippen LogP contribution in [0.1, 0.15) is 111 Å². The topological polar surface area (TPSA) is 0 Å². The molecule has 6 aromatic rings. The van der Waals surface area contributed by atoms with Gasteiger partial charge in [0.15, 0.2) is 0 Å². The third-order valence-corrected chi connectivity index (χ3v) is 18.1. The van der Waals surface area contributed by atoms with E-state index in [9.17, 15) is 52.7 Å². The van der Waals surface area contributed by atoms with Crippen LogP contribution in [0.25, 0.3) is 43.8 Å². The van der Waals surface area contributed by atoms with Gasteiger partial charge in [-0.1, -0.05) is 23.3 Å². The maximum atomic E-state index is 13.3. The van der Waals surface area contributed by atoms with Crippen molar-refractivity contribution < 1.29 is 101 Å². The van der Waals surface area contributed by atoms with Crippen molar-refractivity contribution in [3.8, 4) is 22.3 Å². The Bertz CT molecular complexity index is 2530. The van der Waals surface area contributed by atoms with Gasteiger partial charge in [0.2, 0.25) is 0 Å². The van der Waals surface area contributed by atoms with E-state index >= 15 is 0 Å². The summed E-state index contributed by atoms with van der Waals surface area (Å²) in [4.78, 5) is 0. The summed E-state index contributed by atoms with van der Waals surface area (Å²) in [5, 5.41) is 3.10. The van der Waals surface area contributed by atoms with Crippen LogP contribution in [0.15, 0.2) is 97.1 Å². The van der Waals surface area contributed by atoms with Crippen LogP contribution in [-0.4, -0.2) is 5.43 Å². The molecule has 10 rings (SSSR count). The molecule has 0 nitrogen and oxygen atoms in total. The molecule has 0 saturated heterocycles. The molecule has 4 aliphatic carbocycles. The van der Waals surface area contributed by atoms with E-state index in [0.717, 1.165) is 70.8 Å². The molecule has 4 bridgehead atoms. The summed E-state index contributed by atoms with van der Waals surface area (Å²) in [7, 11) is 0. The summed E-state index contributed by atoms with van der Waals surface area (Å²) in [6.07, 6.45) is -3.89. The van der Waals surface area contributed by atoms with Gasteiger partial charge >= 0.3 is 79.4 Å².